The van der Waals surface area contributed by atoms with Gasteiger partial charge in [0.2, 0.25) is 0 Å². The minimum Gasteiger partial charge on any atom is -0.328 e. The average molecular weight is 206 g/mol. The molecule has 0 amide bonds. The highest BCUT2D eigenvalue weighted by Gasteiger charge is 2.38. The molecule has 0 aliphatic carbocycles. The van der Waals surface area contributed by atoms with Crippen LogP contribution in [0.25, 0.3) is 0 Å². The molecule has 2 heteroatoms. The topological polar surface area (TPSA) is 29.3 Å². The molecule has 0 aromatic rings. The molecule has 0 radical (unpaired) electrons. The highest BCUT2D eigenvalue weighted by molar-refractivity contribution is 4.96. The lowest BCUT2D eigenvalue weighted by Crippen LogP contribution is -2.47. The van der Waals surface area contributed by atoms with Crippen LogP contribution in [-0.4, -0.2) is 29.6 Å². The molecule has 2 unspecified atom stereocenters. The lowest BCUT2D eigenvalue weighted by Gasteiger charge is -2.37. The largest absolute Gasteiger partial charge is 0.328 e. The molecular formula is C13H22N2. The molecule has 0 aromatic carbocycles. The fraction of sp³-hybridized carbons (Fsp3) is 0.846. The molecule has 0 spiro atoms. The summed E-state index contributed by atoms with van der Waals surface area (Å²) in [6.45, 7) is 1.24. The molecule has 2 bridgehead atoms. The summed E-state index contributed by atoms with van der Waals surface area (Å²) >= 11 is 0. The molecule has 0 saturated carbocycles. The van der Waals surface area contributed by atoms with E-state index in [-0.39, 0.29) is 0 Å². The Hall–Kier alpha value is -0.520. The van der Waals surface area contributed by atoms with E-state index in [2.05, 4.69) is 10.8 Å². The lowest BCUT2D eigenvalue weighted by molar-refractivity contribution is 0.126. The van der Waals surface area contributed by atoms with Gasteiger partial charge in [-0.25, -0.2) is 0 Å². The van der Waals surface area contributed by atoms with Crippen LogP contribution < -0.4 is 5.73 Å². The summed E-state index contributed by atoms with van der Waals surface area (Å²) in [7, 11) is 0. The van der Waals surface area contributed by atoms with Crippen molar-refractivity contribution in [2.45, 2.75) is 63.1 Å². The van der Waals surface area contributed by atoms with Crippen molar-refractivity contribution in [3.63, 3.8) is 0 Å². The van der Waals surface area contributed by atoms with E-state index < -0.39 is 0 Å². The van der Waals surface area contributed by atoms with Crippen molar-refractivity contribution in [1.29, 1.82) is 0 Å². The molecule has 2 fully saturated rings. The molecule has 2 N–H and O–H groups in total. The Bertz CT molecular complexity index is 229. The van der Waals surface area contributed by atoms with E-state index >= 15 is 0 Å². The number of fused-ring (bicyclic) bond motifs is 2. The second-order valence-electron chi connectivity index (χ2n) is 5.02. The smallest absolute Gasteiger partial charge is 0.0113 e. The van der Waals surface area contributed by atoms with Gasteiger partial charge < -0.3 is 5.73 Å². The third-order valence-electron chi connectivity index (χ3n) is 3.91. The monoisotopic (exact) mass is 206 g/mol. The van der Waals surface area contributed by atoms with Crippen LogP contribution in [0.1, 0.15) is 44.9 Å². The minimum absolute atomic E-state index is 0.462. The number of terminal acetylenes is 1. The standard InChI is InChI=1S/C13H22N2/c1-2-3-4-5-8-15-12-6-7-13(15)10-11(14)9-12/h1,11-13H,3-10,14H2. The third kappa shape index (κ3) is 2.53. The first-order chi connectivity index (χ1) is 7.31. The summed E-state index contributed by atoms with van der Waals surface area (Å²) in [5.41, 5.74) is 6.04. The van der Waals surface area contributed by atoms with Crippen molar-refractivity contribution in [1.82, 2.24) is 4.90 Å². The van der Waals surface area contributed by atoms with Crippen molar-refractivity contribution in [2.24, 2.45) is 5.73 Å². The summed E-state index contributed by atoms with van der Waals surface area (Å²) in [6, 6.07) is 2.03. The Morgan fingerprint density at radius 2 is 1.87 bits per heavy atom. The van der Waals surface area contributed by atoms with Crippen molar-refractivity contribution in [3.8, 4) is 12.3 Å². The number of nitrogens with zero attached hydrogens (tertiary/aromatic N) is 1. The Labute approximate surface area is 93.2 Å². The minimum atomic E-state index is 0.462. The van der Waals surface area contributed by atoms with Gasteiger partial charge >= 0.3 is 0 Å². The van der Waals surface area contributed by atoms with Crippen LogP contribution >= 0.6 is 0 Å². The predicted molar refractivity (Wildman–Crippen MR) is 63.4 cm³/mol. The van der Waals surface area contributed by atoms with Gasteiger partial charge in [0.25, 0.3) is 0 Å². The van der Waals surface area contributed by atoms with Crippen LogP contribution in [0.3, 0.4) is 0 Å². The molecule has 2 atom stereocenters. The van der Waals surface area contributed by atoms with Gasteiger partial charge in [-0.2, -0.15) is 0 Å². The third-order valence-corrected chi connectivity index (χ3v) is 3.91. The van der Waals surface area contributed by atoms with E-state index in [4.69, 9.17) is 12.2 Å². The van der Waals surface area contributed by atoms with Crippen LogP contribution in [-0.2, 0) is 0 Å². The van der Waals surface area contributed by atoms with Crippen LogP contribution in [0.15, 0.2) is 0 Å². The average Bonchev–Trinajstić information content (AvgIpc) is 2.46. The molecular weight excluding hydrogens is 184 g/mol. The second-order valence-corrected chi connectivity index (χ2v) is 5.02. The summed E-state index contributed by atoms with van der Waals surface area (Å²) in [4.78, 5) is 2.69. The molecule has 84 valence electrons. The van der Waals surface area contributed by atoms with Crippen LogP contribution in [0, 0.1) is 12.3 Å². The van der Waals surface area contributed by atoms with E-state index in [0.717, 1.165) is 18.5 Å². The summed E-state index contributed by atoms with van der Waals surface area (Å²) in [6.07, 6.45) is 13.8. The highest BCUT2D eigenvalue weighted by atomic mass is 15.2. The van der Waals surface area contributed by atoms with E-state index in [1.165, 1.54) is 45.1 Å². The summed E-state index contributed by atoms with van der Waals surface area (Å²) in [5.74, 6) is 2.71. The Kier molecular flexibility index (Phi) is 3.66. The van der Waals surface area contributed by atoms with Crippen molar-refractivity contribution in [2.75, 3.05) is 6.54 Å². The first kappa shape index (κ1) is 11.0. The van der Waals surface area contributed by atoms with Gasteiger partial charge in [0.05, 0.1) is 0 Å². The fourth-order valence-corrected chi connectivity index (χ4v) is 3.20. The number of piperidine rings is 1. The highest BCUT2D eigenvalue weighted by Crippen LogP contribution is 2.35. The molecule has 2 saturated heterocycles. The van der Waals surface area contributed by atoms with E-state index in [1.807, 2.05) is 0 Å². The molecule has 0 aromatic heterocycles. The zero-order valence-corrected chi connectivity index (χ0v) is 9.49. The van der Waals surface area contributed by atoms with Crippen LogP contribution in [0.4, 0.5) is 0 Å². The van der Waals surface area contributed by atoms with Crippen molar-refractivity contribution >= 4 is 0 Å². The predicted octanol–water partition coefficient (Wildman–Crippen LogP) is 1.74. The number of hydrogen-bond donors (Lipinski definition) is 1. The molecule has 15 heavy (non-hydrogen) atoms. The number of nitrogens with two attached hydrogens (primary N) is 1. The first-order valence-electron chi connectivity index (χ1n) is 6.26. The maximum atomic E-state index is 6.04. The zero-order valence-electron chi connectivity index (χ0n) is 9.49. The van der Waals surface area contributed by atoms with E-state index in [1.54, 1.807) is 0 Å². The quantitative estimate of drug-likeness (QED) is 0.561. The van der Waals surface area contributed by atoms with Gasteiger partial charge in [0, 0.05) is 24.5 Å². The van der Waals surface area contributed by atoms with Gasteiger partial charge in [0.15, 0.2) is 0 Å². The molecule has 2 aliphatic heterocycles. The molecule has 2 heterocycles. The zero-order chi connectivity index (χ0) is 10.7. The van der Waals surface area contributed by atoms with Crippen molar-refractivity contribution in [3.05, 3.63) is 0 Å². The van der Waals surface area contributed by atoms with Crippen LogP contribution in [0.5, 0.6) is 0 Å². The van der Waals surface area contributed by atoms with Gasteiger partial charge in [0.1, 0.15) is 0 Å². The Morgan fingerprint density at radius 3 is 2.47 bits per heavy atom. The Morgan fingerprint density at radius 1 is 1.20 bits per heavy atom. The lowest BCUT2D eigenvalue weighted by atomic mass is 9.98. The fourth-order valence-electron chi connectivity index (χ4n) is 3.20. The summed E-state index contributed by atoms with van der Waals surface area (Å²) < 4.78 is 0. The van der Waals surface area contributed by atoms with Gasteiger partial charge in [-0.3, -0.25) is 4.90 Å². The SMILES string of the molecule is C#CCCCCN1C2CCC1CC(N)C2. The van der Waals surface area contributed by atoms with Gasteiger partial charge in [-0.15, -0.1) is 12.3 Å². The first-order valence-corrected chi connectivity index (χ1v) is 6.26. The van der Waals surface area contributed by atoms with Crippen molar-refractivity contribution < 1.29 is 0 Å². The van der Waals surface area contributed by atoms with E-state index in [0.29, 0.717) is 6.04 Å². The summed E-state index contributed by atoms with van der Waals surface area (Å²) in [5, 5.41) is 0. The number of rotatable bonds is 4. The Balaban J connectivity index is 1.76. The number of unbranched alkanes of at least 4 members (excludes halogenated alkanes) is 2. The van der Waals surface area contributed by atoms with E-state index in [9.17, 15) is 0 Å². The molecule has 2 rings (SSSR count). The van der Waals surface area contributed by atoms with Gasteiger partial charge in [-0.1, -0.05) is 0 Å². The number of hydrogen-bond acceptors (Lipinski definition) is 2. The molecule has 2 aliphatic rings. The maximum absolute atomic E-state index is 6.04. The van der Waals surface area contributed by atoms with Crippen LogP contribution in [0.2, 0.25) is 0 Å². The maximum Gasteiger partial charge on any atom is 0.0113 e. The second kappa shape index (κ2) is 5.01. The molecule has 2 nitrogen and oxygen atoms in total. The normalized spacial score (nSPS) is 35.3. The van der Waals surface area contributed by atoms with Gasteiger partial charge in [-0.05, 0) is 45.1 Å².